The average molecular weight is 529 g/mol. The molecule has 0 saturated carbocycles. The molecule has 1 saturated heterocycles. The standard InChI is InChI=1S/C20H33N8O7P/c1-5-19(6-2,35-36(32,33)20(31,7-3)8-4)9-11-13(29)14(30)17(34-11)28-16-12(15(21)23-10-24-16)25-18(28)26-27-22/h10-11,13-14,17,29-31H,5-9H2,1-4H3,(H,32,33)(H2,21,23,24)/t11-,13-,14-,17-/m1/s1. The zero-order valence-corrected chi connectivity index (χ0v) is 21.5. The van der Waals surface area contributed by atoms with Gasteiger partial charge in [0.25, 0.3) is 0 Å². The fraction of sp³-hybridized carbons (Fsp3) is 0.750. The zero-order valence-electron chi connectivity index (χ0n) is 20.6. The van der Waals surface area contributed by atoms with E-state index in [9.17, 15) is 24.8 Å². The largest absolute Gasteiger partial charge is 0.388 e. The topological polar surface area (TPSA) is 235 Å². The van der Waals surface area contributed by atoms with Gasteiger partial charge in [0.2, 0.25) is 5.95 Å². The molecule has 2 aromatic heterocycles. The van der Waals surface area contributed by atoms with Crippen LogP contribution < -0.4 is 5.73 Å². The third-order valence-corrected chi connectivity index (χ3v) is 9.37. The number of hydrogen-bond acceptors (Lipinski definition) is 11. The number of nitrogens with zero attached hydrogens (tertiary/aromatic N) is 7. The van der Waals surface area contributed by atoms with Crippen molar-refractivity contribution >= 4 is 30.5 Å². The van der Waals surface area contributed by atoms with Crippen LogP contribution in [-0.2, 0) is 13.8 Å². The van der Waals surface area contributed by atoms with Gasteiger partial charge in [0.05, 0.1) is 11.7 Å². The average Bonchev–Trinajstić information content (AvgIpc) is 3.35. The first-order valence-electron chi connectivity index (χ1n) is 11.7. The summed E-state index contributed by atoms with van der Waals surface area (Å²) in [5.41, 5.74) is 13.8. The van der Waals surface area contributed by atoms with Crippen molar-refractivity contribution in [3.8, 4) is 0 Å². The van der Waals surface area contributed by atoms with Crippen molar-refractivity contribution in [1.29, 1.82) is 0 Å². The van der Waals surface area contributed by atoms with Gasteiger partial charge in [0, 0.05) is 11.3 Å². The Hall–Kier alpha value is -2.35. The fourth-order valence-electron chi connectivity index (χ4n) is 4.44. The maximum absolute atomic E-state index is 13.1. The Morgan fingerprint density at radius 1 is 1.22 bits per heavy atom. The second kappa shape index (κ2) is 10.6. The van der Waals surface area contributed by atoms with Crippen LogP contribution in [0.2, 0.25) is 0 Å². The second-order valence-electron chi connectivity index (χ2n) is 8.84. The highest BCUT2D eigenvalue weighted by Crippen LogP contribution is 2.61. The van der Waals surface area contributed by atoms with E-state index in [-0.39, 0.29) is 55.0 Å². The van der Waals surface area contributed by atoms with E-state index in [0.717, 1.165) is 0 Å². The molecule has 36 heavy (non-hydrogen) atoms. The van der Waals surface area contributed by atoms with Gasteiger partial charge < -0.3 is 30.7 Å². The van der Waals surface area contributed by atoms with Crippen LogP contribution in [0.4, 0.5) is 11.8 Å². The molecule has 5 atom stereocenters. The number of hydrogen-bond donors (Lipinski definition) is 5. The maximum Gasteiger partial charge on any atom is 0.359 e. The SMILES string of the molecule is CCC(CC)(C[C@H]1O[C@@H](n2c(N=[N+]=[N-])nc3c(N)ncnc32)[C@H](O)[C@@H]1O)OP(=O)(O)C(O)(CC)CC. The fourth-order valence-corrected chi connectivity index (χ4v) is 6.27. The van der Waals surface area contributed by atoms with Crippen LogP contribution in [-0.4, -0.2) is 69.0 Å². The Kier molecular flexibility index (Phi) is 8.28. The molecule has 1 aliphatic rings. The van der Waals surface area contributed by atoms with Gasteiger partial charge in [0.15, 0.2) is 28.6 Å². The lowest BCUT2D eigenvalue weighted by molar-refractivity contribution is -0.0756. The number of rotatable bonds is 11. The summed E-state index contributed by atoms with van der Waals surface area (Å²) in [7, 11) is -4.52. The normalized spacial score (nSPS) is 24.6. The highest BCUT2D eigenvalue weighted by molar-refractivity contribution is 7.54. The Morgan fingerprint density at radius 2 is 1.86 bits per heavy atom. The summed E-state index contributed by atoms with van der Waals surface area (Å²) < 4.78 is 26.1. The molecule has 0 aromatic carbocycles. The lowest BCUT2D eigenvalue weighted by atomic mass is 9.88. The number of imidazole rings is 1. The lowest BCUT2D eigenvalue weighted by Crippen LogP contribution is -2.42. The van der Waals surface area contributed by atoms with Crippen molar-refractivity contribution < 1.29 is 34.0 Å². The number of aliphatic hydroxyl groups excluding tert-OH is 2. The quantitative estimate of drug-likeness (QED) is 0.123. The molecule has 0 bridgehead atoms. The summed E-state index contributed by atoms with van der Waals surface area (Å²) >= 11 is 0. The number of azide groups is 1. The highest BCUT2D eigenvalue weighted by atomic mass is 31.2. The highest BCUT2D eigenvalue weighted by Gasteiger charge is 2.53. The molecular weight excluding hydrogens is 495 g/mol. The third kappa shape index (κ3) is 4.81. The molecule has 3 rings (SSSR count). The summed E-state index contributed by atoms with van der Waals surface area (Å²) in [4.78, 5) is 25.5. The van der Waals surface area contributed by atoms with Crippen molar-refractivity contribution in [1.82, 2.24) is 19.5 Å². The van der Waals surface area contributed by atoms with E-state index >= 15 is 0 Å². The summed E-state index contributed by atoms with van der Waals surface area (Å²) in [6, 6.07) is 0. The lowest BCUT2D eigenvalue weighted by Gasteiger charge is -2.40. The van der Waals surface area contributed by atoms with Crippen LogP contribution in [0, 0.1) is 0 Å². The predicted octanol–water partition coefficient (Wildman–Crippen LogP) is 2.63. The van der Waals surface area contributed by atoms with E-state index < -0.39 is 43.1 Å². The van der Waals surface area contributed by atoms with E-state index in [1.54, 1.807) is 27.7 Å². The van der Waals surface area contributed by atoms with Crippen LogP contribution in [0.15, 0.2) is 11.4 Å². The third-order valence-electron chi connectivity index (χ3n) is 7.05. The van der Waals surface area contributed by atoms with Gasteiger partial charge in [0.1, 0.15) is 18.5 Å². The summed E-state index contributed by atoms with van der Waals surface area (Å²) in [6.45, 7) is 6.68. The number of anilines is 1. The van der Waals surface area contributed by atoms with Crippen molar-refractivity contribution in [3.63, 3.8) is 0 Å². The van der Waals surface area contributed by atoms with Crippen molar-refractivity contribution in [3.05, 3.63) is 16.8 Å². The van der Waals surface area contributed by atoms with E-state index in [4.69, 9.17) is 20.5 Å². The minimum Gasteiger partial charge on any atom is -0.388 e. The second-order valence-corrected chi connectivity index (χ2v) is 10.9. The summed E-state index contributed by atoms with van der Waals surface area (Å²) in [5.74, 6) is -0.193. The molecule has 0 radical (unpaired) electrons. The molecule has 1 unspecified atom stereocenters. The van der Waals surface area contributed by atoms with Gasteiger partial charge in [-0.05, 0) is 36.3 Å². The van der Waals surface area contributed by atoms with Gasteiger partial charge in [-0.1, -0.05) is 27.7 Å². The smallest absolute Gasteiger partial charge is 0.359 e. The molecule has 15 nitrogen and oxygen atoms in total. The molecule has 200 valence electrons. The molecular formula is C20H33N8O7P. The first-order valence-corrected chi connectivity index (χ1v) is 13.3. The number of fused-ring (bicyclic) bond motifs is 1. The van der Waals surface area contributed by atoms with Crippen molar-refractivity contribution in [2.24, 2.45) is 5.11 Å². The van der Waals surface area contributed by atoms with E-state index in [1.807, 2.05) is 0 Å². The molecule has 3 heterocycles. The number of nitrogen functional groups attached to an aromatic ring is 1. The van der Waals surface area contributed by atoms with Gasteiger partial charge in [-0.3, -0.25) is 13.7 Å². The van der Waals surface area contributed by atoms with Crippen LogP contribution in [0.25, 0.3) is 21.6 Å². The van der Waals surface area contributed by atoms with Crippen LogP contribution in [0.5, 0.6) is 0 Å². The van der Waals surface area contributed by atoms with Gasteiger partial charge in [-0.25, -0.2) is 15.0 Å². The van der Waals surface area contributed by atoms with Gasteiger partial charge >= 0.3 is 7.60 Å². The van der Waals surface area contributed by atoms with E-state index in [0.29, 0.717) is 0 Å². The molecule has 1 aliphatic heterocycles. The molecule has 1 fully saturated rings. The Balaban J connectivity index is 1.97. The molecule has 16 heteroatoms. The zero-order chi connectivity index (χ0) is 26.9. The Bertz CT molecular complexity index is 1180. The summed E-state index contributed by atoms with van der Waals surface area (Å²) in [5, 5.41) is 34.1. The molecule has 0 amide bonds. The predicted molar refractivity (Wildman–Crippen MR) is 129 cm³/mol. The Morgan fingerprint density at radius 3 is 2.42 bits per heavy atom. The number of ether oxygens (including phenoxy) is 1. The van der Waals surface area contributed by atoms with Crippen LogP contribution in [0.1, 0.15) is 66.0 Å². The van der Waals surface area contributed by atoms with Crippen molar-refractivity contribution in [2.45, 2.75) is 95.3 Å². The minimum atomic E-state index is -4.52. The molecule has 6 N–H and O–H groups in total. The molecule has 0 spiro atoms. The van der Waals surface area contributed by atoms with E-state index in [2.05, 4.69) is 25.0 Å². The monoisotopic (exact) mass is 528 g/mol. The Labute approximate surface area is 207 Å². The van der Waals surface area contributed by atoms with Gasteiger partial charge in [-0.15, -0.1) is 0 Å². The van der Waals surface area contributed by atoms with E-state index in [1.165, 1.54) is 10.9 Å². The molecule has 2 aromatic rings. The van der Waals surface area contributed by atoms with Crippen LogP contribution in [0.3, 0.4) is 0 Å². The number of aliphatic hydroxyl groups is 3. The van der Waals surface area contributed by atoms with Crippen LogP contribution >= 0.6 is 7.60 Å². The number of nitrogens with two attached hydrogens (primary N) is 1. The maximum atomic E-state index is 13.1. The minimum absolute atomic E-state index is 0.00497. The first kappa shape index (κ1) is 28.2. The number of aromatic nitrogens is 4. The summed E-state index contributed by atoms with van der Waals surface area (Å²) in [6.07, 6.45) is -3.68. The van der Waals surface area contributed by atoms with Crippen molar-refractivity contribution in [2.75, 3.05) is 5.73 Å². The molecule has 0 aliphatic carbocycles. The van der Waals surface area contributed by atoms with Gasteiger partial charge in [-0.2, -0.15) is 0 Å². The first-order chi connectivity index (χ1) is 16.9.